The summed E-state index contributed by atoms with van der Waals surface area (Å²) in [6.45, 7) is 11.7. The van der Waals surface area contributed by atoms with Gasteiger partial charge in [-0.15, -0.1) is 11.3 Å². The van der Waals surface area contributed by atoms with Crippen LogP contribution in [0, 0.1) is 0 Å². The zero-order chi connectivity index (χ0) is 31.3. The second-order valence-corrected chi connectivity index (χ2v) is 10.4. The van der Waals surface area contributed by atoms with Crippen molar-refractivity contribution in [2.24, 2.45) is 0 Å². The first kappa shape index (κ1) is 34.6. The minimum atomic E-state index is -4.43. The monoisotopic (exact) mass is 604 g/mol. The molecule has 0 atom stereocenters. The van der Waals surface area contributed by atoms with E-state index in [9.17, 15) is 22.8 Å². The lowest BCUT2D eigenvalue weighted by Gasteiger charge is -2.26. The van der Waals surface area contributed by atoms with Gasteiger partial charge < -0.3 is 20.1 Å². The second kappa shape index (κ2) is 16.7. The average molecular weight is 605 g/mol. The van der Waals surface area contributed by atoms with Gasteiger partial charge in [0.05, 0.1) is 29.6 Å². The van der Waals surface area contributed by atoms with Crippen molar-refractivity contribution in [1.82, 2.24) is 4.90 Å². The number of carbonyl (C=O) groups is 2. The molecule has 1 amide bonds. The van der Waals surface area contributed by atoms with Crippen LogP contribution in [0.1, 0.15) is 73.3 Å². The van der Waals surface area contributed by atoms with E-state index in [1.54, 1.807) is 28.6 Å². The fourth-order valence-corrected chi connectivity index (χ4v) is 5.13. The van der Waals surface area contributed by atoms with Gasteiger partial charge in [0.2, 0.25) is 0 Å². The smallest absolute Gasteiger partial charge is 0.416 e. The van der Waals surface area contributed by atoms with Crippen LogP contribution in [0.15, 0.2) is 77.8 Å². The number of amides is 1. The molecule has 0 saturated heterocycles. The number of hydrogen-bond acceptors (Lipinski definition) is 6. The van der Waals surface area contributed by atoms with Crippen molar-refractivity contribution in [2.75, 3.05) is 18.5 Å². The van der Waals surface area contributed by atoms with Crippen LogP contribution in [-0.4, -0.2) is 34.9 Å². The number of halogens is 3. The Labute approximate surface area is 249 Å². The van der Waals surface area contributed by atoms with Crippen LogP contribution in [0.4, 0.5) is 18.9 Å². The number of aryl methyl sites for hydroxylation is 1. The quantitative estimate of drug-likeness (QED) is 0.240. The average Bonchev–Trinajstić information content (AvgIpc) is 3.37. The van der Waals surface area contributed by atoms with Crippen molar-refractivity contribution in [1.29, 1.82) is 0 Å². The van der Waals surface area contributed by atoms with Crippen molar-refractivity contribution in [3.05, 3.63) is 99.4 Å². The maximum atomic E-state index is 12.8. The molecule has 2 heterocycles. The molecule has 0 fully saturated rings. The van der Waals surface area contributed by atoms with E-state index in [4.69, 9.17) is 9.84 Å². The van der Waals surface area contributed by atoms with Crippen LogP contribution in [0.2, 0.25) is 0 Å². The van der Waals surface area contributed by atoms with Gasteiger partial charge in [0.25, 0.3) is 5.91 Å². The molecule has 3 rings (SSSR count). The van der Waals surface area contributed by atoms with Gasteiger partial charge in [0.15, 0.2) is 5.78 Å². The van der Waals surface area contributed by atoms with Crippen LogP contribution in [0.5, 0.6) is 0 Å². The van der Waals surface area contributed by atoms with Crippen molar-refractivity contribution >= 4 is 28.7 Å². The lowest BCUT2D eigenvalue weighted by molar-refractivity contribution is -0.137. The Morgan fingerprint density at radius 2 is 1.93 bits per heavy atom. The van der Waals surface area contributed by atoms with Crippen molar-refractivity contribution < 1.29 is 32.6 Å². The maximum Gasteiger partial charge on any atom is 0.416 e. The van der Waals surface area contributed by atoms with Gasteiger partial charge in [-0.2, -0.15) is 13.2 Å². The summed E-state index contributed by atoms with van der Waals surface area (Å²) in [5, 5.41) is 13.1. The molecule has 1 aromatic heterocycles. The third kappa shape index (κ3) is 10.0. The number of aliphatic hydroxyl groups is 1. The minimum Gasteiger partial charge on any atom is -0.490 e. The highest BCUT2D eigenvalue weighted by molar-refractivity contribution is 7.10. The van der Waals surface area contributed by atoms with E-state index in [0.717, 1.165) is 54.7 Å². The summed E-state index contributed by atoms with van der Waals surface area (Å²) in [7, 11) is 0. The first-order valence-corrected chi connectivity index (χ1v) is 14.7. The molecule has 2 aromatic rings. The number of alkyl halides is 3. The van der Waals surface area contributed by atoms with Gasteiger partial charge >= 0.3 is 6.18 Å². The lowest BCUT2D eigenvalue weighted by Crippen LogP contribution is -2.22. The third-order valence-electron chi connectivity index (χ3n) is 6.16. The number of Topliss-reactive ketones (excluding diaryl/α,β-unsaturated/α-hetero) is 1. The van der Waals surface area contributed by atoms with Crippen LogP contribution in [0.3, 0.4) is 0 Å². The van der Waals surface area contributed by atoms with Crippen LogP contribution >= 0.6 is 11.3 Å². The number of rotatable bonds is 12. The predicted molar refractivity (Wildman–Crippen MR) is 162 cm³/mol. The molecule has 0 bridgehead atoms. The Morgan fingerprint density at radius 1 is 1.19 bits per heavy atom. The predicted octanol–water partition coefficient (Wildman–Crippen LogP) is 8.03. The van der Waals surface area contributed by atoms with E-state index in [1.807, 2.05) is 19.9 Å². The zero-order valence-corrected chi connectivity index (χ0v) is 25.3. The van der Waals surface area contributed by atoms with Gasteiger partial charge in [-0.05, 0) is 61.6 Å². The van der Waals surface area contributed by atoms with Crippen LogP contribution in [0.25, 0.3) is 0 Å². The number of benzene rings is 1. The SMILES string of the molecule is C=C1C=CC(OCCO)=CN1/C(=C\CC)C(C)=O.CCCCc1c(C(=O)Nc2cccc(C(F)(F)F)c2)csc1CC. The molecule has 10 heteroatoms. The van der Waals surface area contributed by atoms with Crippen molar-refractivity contribution in [3.63, 3.8) is 0 Å². The number of ketones is 1. The highest BCUT2D eigenvalue weighted by Crippen LogP contribution is 2.31. The molecule has 1 aliphatic heterocycles. The van der Waals surface area contributed by atoms with Gasteiger partial charge in [-0.1, -0.05) is 45.9 Å². The number of anilines is 1. The highest BCUT2D eigenvalue weighted by atomic mass is 32.1. The molecule has 1 aromatic carbocycles. The standard InChI is InChI=1S/C18H20F3NOS.C14H19NO3/c1-3-5-9-14-15(11-24-16(14)4-2)17(23)22-13-8-6-7-12(10-13)18(19,20)21;1-4-5-14(12(3)17)15-10-13(18-9-8-16)7-6-11(15)2/h6-8,10-11H,3-5,9H2,1-2H3,(H,22,23);5-7,10,16H,2,4,8-9H2,1,3H3/b;14-5-. The third-order valence-corrected chi connectivity index (χ3v) is 7.33. The summed E-state index contributed by atoms with van der Waals surface area (Å²) in [6.07, 6.45) is 7.11. The molecule has 0 aliphatic carbocycles. The molecule has 6 nitrogen and oxygen atoms in total. The molecular weight excluding hydrogens is 565 g/mol. The van der Waals surface area contributed by atoms with Gasteiger partial charge in [-0.3, -0.25) is 9.59 Å². The number of unbranched alkanes of at least 4 members (excludes halogenated alkanes) is 1. The zero-order valence-electron chi connectivity index (χ0n) is 24.5. The van der Waals surface area contributed by atoms with Crippen molar-refractivity contribution in [3.8, 4) is 0 Å². The topological polar surface area (TPSA) is 78.9 Å². The Kier molecular flexibility index (Phi) is 13.8. The normalized spacial score (nSPS) is 13.3. The Hall–Kier alpha value is -3.63. The molecule has 0 radical (unpaired) electrons. The summed E-state index contributed by atoms with van der Waals surface area (Å²) in [4.78, 5) is 27.0. The number of nitrogens with zero attached hydrogens (tertiary/aromatic N) is 1. The Bertz CT molecular complexity index is 1330. The molecule has 0 spiro atoms. The first-order valence-electron chi connectivity index (χ1n) is 13.9. The number of carbonyl (C=O) groups excluding carboxylic acids is 2. The molecule has 0 saturated carbocycles. The molecule has 1 aliphatic rings. The van der Waals surface area contributed by atoms with E-state index in [-0.39, 0.29) is 30.6 Å². The fraction of sp³-hybridized carbons (Fsp3) is 0.375. The summed E-state index contributed by atoms with van der Waals surface area (Å²) in [6, 6.07) is 4.70. The van der Waals surface area contributed by atoms with E-state index < -0.39 is 11.7 Å². The second-order valence-electron chi connectivity index (χ2n) is 9.39. The summed E-state index contributed by atoms with van der Waals surface area (Å²) < 4.78 is 43.6. The fourth-order valence-electron chi connectivity index (χ4n) is 4.10. The number of ether oxygens (including phenoxy) is 1. The van der Waals surface area contributed by atoms with E-state index in [1.165, 1.54) is 30.4 Å². The summed E-state index contributed by atoms with van der Waals surface area (Å²) in [5.41, 5.74) is 2.27. The lowest BCUT2D eigenvalue weighted by atomic mass is 10.0. The summed E-state index contributed by atoms with van der Waals surface area (Å²) >= 11 is 1.53. The number of hydrogen-bond donors (Lipinski definition) is 2. The molecular formula is C32H39F3N2O4S. The van der Waals surface area contributed by atoms with E-state index in [2.05, 4.69) is 18.8 Å². The maximum absolute atomic E-state index is 12.8. The molecule has 42 heavy (non-hydrogen) atoms. The summed E-state index contributed by atoms with van der Waals surface area (Å²) in [5.74, 6) is 0.224. The Morgan fingerprint density at radius 3 is 2.52 bits per heavy atom. The minimum absolute atomic E-state index is 0.0222. The number of allylic oxidation sites excluding steroid dienone is 4. The van der Waals surface area contributed by atoms with Gasteiger partial charge in [0.1, 0.15) is 12.4 Å². The number of thiophene rings is 1. The number of nitrogens with one attached hydrogen (secondary N) is 1. The van der Waals surface area contributed by atoms with Gasteiger partial charge in [0, 0.05) is 28.6 Å². The van der Waals surface area contributed by atoms with Crippen LogP contribution < -0.4 is 5.32 Å². The van der Waals surface area contributed by atoms with E-state index in [0.29, 0.717) is 22.7 Å². The highest BCUT2D eigenvalue weighted by Gasteiger charge is 2.30. The largest absolute Gasteiger partial charge is 0.490 e. The number of aliphatic hydroxyl groups excluding tert-OH is 1. The van der Waals surface area contributed by atoms with Gasteiger partial charge in [-0.25, -0.2) is 0 Å². The first-order chi connectivity index (χ1) is 20.0. The van der Waals surface area contributed by atoms with Crippen molar-refractivity contribution in [2.45, 2.75) is 66.0 Å². The van der Waals surface area contributed by atoms with E-state index >= 15 is 0 Å². The molecule has 228 valence electrons. The Balaban J connectivity index is 0.000000307. The molecule has 2 N–H and O–H groups in total. The molecule has 0 unspecified atom stereocenters. The van der Waals surface area contributed by atoms with Crippen LogP contribution in [-0.2, 0) is 28.5 Å².